The fraction of sp³-hybridized carbons (Fsp3) is 0.385. The second-order valence-electron chi connectivity index (χ2n) is 4.49. The van der Waals surface area contributed by atoms with E-state index in [0.717, 1.165) is 0 Å². The van der Waals surface area contributed by atoms with Crippen LogP contribution in [0.3, 0.4) is 0 Å². The van der Waals surface area contributed by atoms with Crippen LogP contribution < -0.4 is 0 Å². The number of nitrogens with zero attached hydrogens (tertiary/aromatic N) is 2. The van der Waals surface area contributed by atoms with Gasteiger partial charge in [-0.3, -0.25) is 4.57 Å². The van der Waals surface area contributed by atoms with Crippen molar-refractivity contribution >= 4 is 7.60 Å². The molecule has 6 nitrogen and oxygen atoms in total. The van der Waals surface area contributed by atoms with E-state index in [1.54, 1.807) is 19.1 Å². The molecule has 1 aromatic carbocycles. The molecule has 1 atom stereocenters. The van der Waals surface area contributed by atoms with Gasteiger partial charge >= 0.3 is 19.7 Å². The third kappa shape index (κ3) is 4.40. The summed E-state index contributed by atoms with van der Waals surface area (Å²) in [5.74, 6) is -1.58. The number of hydrogen-bond donors (Lipinski definition) is 0. The molecule has 0 saturated heterocycles. The molecule has 0 N–H and O–H groups in total. The van der Waals surface area contributed by atoms with Crippen LogP contribution in [0.2, 0.25) is 0 Å². The van der Waals surface area contributed by atoms with Crippen molar-refractivity contribution in [2.75, 3.05) is 13.7 Å². The lowest BCUT2D eigenvalue weighted by molar-refractivity contribution is -0.159. The van der Waals surface area contributed by atoms with Crippen molar-refractivity contribution < 1.29 is 31.3 Å². The molecule has 1 unspecified atom stereocenters. The van der Waals surface area contributed by atoms with Crippen LogP contribution in [0, 0.1) is 0 Å². The van der Waals surface area contributed by atoms with Gasteiger partial charge in [0.15, 0.2) is 0 Å². The van der Waals surface area contributed by atoms with Gasteiger partial charge in [-0.2, -0.15) is 18.2 Å². The molecule has 0 fully saturated rings. The Bertz CT molecular complexity index is 700. The third-order valence-electron chi connectivity index (χ3n) is 2.86. The Morgan fingerprint density at radius 2 is 1.91 bits per heavy atom. The van der Waals surface area contributed by atoms with Crippen LogP contribution >= 0.6 is 7.60 Å². The van der Waals surface area contributed by atoms with Crippen LogP contribution in [-0.2, 0) is 26.0 Å². The molecule has 0 spiro atoms. The molecule has 0 amide bonds. The average Bonchev–Trinajstić information content (AvgIpc) is 2.98. The smallest absolute Gasteiger partial charge is 0.329 e. The van der Waals surface area contributed by atoms with Gasteiger partial charge in [0.05, 0.1) is 12.8 Å². The lowest BCUT2D eigenvalue weighted by atomic mass is 10.1. The number of halogens is 3. The SMILES string of the molecule is CCOP(=O)(Cc1ccc(-c2noc(C(F)(F)F)n2)cc1)OC. The molecule has 0 bridgehead atoms. The minimum Gasteiger partial charge on any atom is -0.329 e. The van der Waals surface area contributed by atoms with Gasteiger partial charge in [-0.25, -0.2) is 0 Å². The van der Waals surface area contributed by atoms with Crippen molar-refractivity contribution in [1.82, 2.24) is 10.1 Å². The zero-order valence-electron chi connectivity index (χ0n) is 12.3. The molecular formula is C13H14F3N2O4P. The standard InChI is InChI=1S/C13H14F3N2O4P/c1-3-21-23(19,20-2)8-9-4-6-10(7-5-9)11-17-12(22-18-11)13(14,15)16/h4-7H,3,8H2,1-2H3. The zero-order valence-corrected chi connectivity index (χ0v) is 13.2. The largest absolute Gasteiger partial charge is 0.471 e. The van der Waals surface area contributed by atoms with E-state index in [0.29, 0.717) is 11.1 Å². The number of rotatable bonds is 6. The first-order chi connectivity index (χ1) is 10.8. The minimum absolute atomic E-state index is 0.0532. The van der Waals surface area contributed by atoms with Crippen LogP contribution in [0.1, 0.15) is 18.4 Å². The molecule has 0 aliphatic heterocycles. The molecular weight excluding hydrogens is 336 g/mol. The Balaban J connectivity index is 2.16. The molecule has 0 aliphatic rings. The Morgan fingerprint density at radius 3 is 2.39 bits per heavy atom. The first-order valence-corrected chi connectivity index (χ1v) is 8.30. The van der Waals surface area contributed by atoms with Crippen LogP contribution in [0.25, 0.3) is 11.4 Å². The Morgan fingerprint density at radius 1 is 1.26 bits per heavy atom. The number of aromatic nitrogens is 2. The Hall–Kier alpha value is -1.70. The van der Waals surface area contributed by atoms with Crippen LogP contribution in [0.15, 0.2) is 28.8 Å². The van der Waals surface area contributed by atoms with Crippen molar-refractivity contribution in [3.05, 3.63) is 35.7 Å². The Labute approximate surface area is 130 Å². The fourth-order valence-electron chi connectivity index (χ4n) is 1.80. The van der Waals surface area contributed by atoms with E-state index < -0.39 is 19.7 Å². The van der Waals surface area contributed by atoms with Crippen LogP contribution in [0.4, 0.5) is 13.2 Å². The first kappa shape index (κ1) is 17.7. The summed E-state index contributed by atoms with van der Waals surface area (Å²) in [5, 5.41) is 3.29. The van der Waals surface area contributed by atoms with Gasteiger partial charge in [0.1, 0.15) is 0 Å². The van der Waals surface area contributed by atoms with Gasteiger partial charge in [-0.05, 0) is 12.5 Å². The summed E-state index contributed by atoms with van der Waals surface area (Å²) >= 11 is 0. The quantitative estimate of drug-likeness (QED) is 0.729. The summed E-state index contributed by atoms with van der Waals surface area (Å²) < 4.78 is 63.7. The molecule has 10 heteroatoms. The van der Waals surface area contributed by atoms with E-state index in [2.05, 4.69) is 14.7 Å². The highest BCUT2D eigenvalue weighted by Crippen LogP contribution is 2.50. The van der Waals surface area contributed by atoms with E-state index in [1.807, 2.05) is 0 Å². The molecule has 1 aromatic heterocycles. The van der Waals surface area contributed by atoms with E-state index in [1.165, 1.54) is 19.2 Å². The summed E-state index contributed by atoms with van der Waals surface area (Å²) in [7, 11) is -1.93. The Kier molecular flexibility index (Phi) is 5.23. The summed E-state index contributed by atoms with van der Waals surface area (Å²) in [6, 6.07) is 6.19. The molecule has 23 heavy (non-hydrogen) atoms. The minimum atomic E-state index is -4.69. The van der Waals surface area contributed by atoms with Crippen molar-refractivity contribution in [3.8, 4) is 11.4 Å². The number of hydrogen-bond acceptors (Lipinski definition) is 6. The van der Waals surface area contributed by atoms with Gasteiger partial charge < -0.3 is 13.6 Å². The molecule has 0 saturated carbocycles. The summed E-state index contributed by atoms with van der Waals surface area (Å²) in [5.41, 5.74) is 0.989. The van der Waals surface area contributed by atoms with Crippen molar-refractivity contribution in [3.63, 3.8) is 0 Å². The maximum Gasteiger partial charge on any atom is 0.471 e. The van der Waals surface area contributed by atoms with Gasteiger partial charge in [0.2, 0.25) is 5.82 Å². The highest BCUT2D eigenvalue weighted by molar-refractivity contribution is 7.53. The maximum absolute atomic E-state index is 12.4. The molecule has 0 radical (unpaired) electrons. The van der Waals surface area contributed by atoms with E-state index in [-0.39, 0.29) is 18.6 Å². The highest BCUT2D eigenvalue weighted by Gasteiger charge is 2.38. The second kappa shape index (κ2) is 6.82. The average molecular weight is 350 g/mol. The maximum atomic E-state index is 12.4. The zero-order chi connectivity index (χ0) is 17.1. The van der Waals surface area contributed by atoms with Crippen molar-refractivity contribution in [2.24, 2.45) is 0 Å². The summed E-state index contributed by atoms with van der Waals surface area (Å²) in [6.45, 7) is 1.94. The normalized spacial score (nSPS) is 14.7. The van der Waals surface area contributed by atoms with Crippen molar-refractivity contribution in [2.45, 2.75) is 19.3 Å². The molecule has 2 aromatic rings. The van der Waals surface area contributed by atoms with E-state index in [4.69, 9.17) is 9.05 Å². The molecule has 1 heterocycles. The van der Waals surface area contributed by atoms with Gasteiger partial charge in [-0.1, -0.05) is 29.4 Å². The second-order valence-corrected chi connectivity index (χ2v) is 6.65. The predicted octanol–water partition coefficient (Wildman–Crippen LogP) is 4.13. The summed E-state index contributed by atoms with van der Waals surface area (Å²) in [4.78, 5) is 3.29. The van der Waals surface area contributed by atoms with Crippen molar-refractivity contribution in [1.29, 1.82) is 0 Å². The topological polar surface area (TPSA) is 74.5 Å². The molecule has 2 rings (SSSR count). The highest BCUT2D eigenvalue weighted by atomic mass is 31.2. The number of benzene rings is 1. The van der Waals surface area contributed by atoms with E-state index >= 15 is 0 Å². The van der Waals surface area contributed by atoms with Gasteiger partial charge in [0, 0.05) is 12.7 Å². The summed E-state index contributed by atoms with van der Waals surface area (Å²) in [6.07, 6.45) is -4.63. The third-order valence-corrected chi connectivity index (χ3v) is 4.82. The molecule has 126 valence electrons. The van der Waals surface area contributed by atoms with Gasteiger partial charge in [-0.15, -0.1) is 0 Å². The fourth-order valence-corrected chi connectivity index (χ4v) is 3.18. The van der Waals surface area contributed by atoms with Crippen LogP contribution in [-0.4, -0.2) is 23.9 Å². The lowest BCUT2D eigenvalue weighted by Gasteiger charge is -2.15. The number of alkyl halides is 3. The van der Waals surface area contributed by atoms with Gasteiger partial charge in [0.25, 0.3) is 0 Å². The van der Waals surface area contributed by atoms with E-state index in [9.17, 15) is 17.7 Å². The molecule has 0 aliphatic carbocycles. The monoisotopic (exact) mass is 350 g/mol. The predicted molar refractivity (Wildman–Crippen MR) is 74.7 cm³/mol. The first-order valence-electron chi connectivity index (χ1n) is 6.57. The van der Waals surface area contributed by atoms with Crippen LogP contribution in [0.5, 0.6) is 0 Å². The lowest BCUT2D eigenvalue weighted by Crippen LogP contribution is -2.04.